The van der Waals surface area contributed by atoms with E-state index in [4.69, 9.17) is 9.47 Å². The number of anilines is 1. The summed E-state index contributed by atoms with van der Waals surface area (Å²) in [6, 6.07) is 5.27. The van der Waals surface area contributed by atoms with Gasteiger partial charge in [0, 0.05) is 12.1 Å². The zero-order chi connectivity index (χ0) is 15.2. The number of aryl methyl sites for hydroxylation is 1. The first-order valence-corrected chi connectivity index (χ1v) is 6.46. The van der Waals surface area contributed by atoms with Crippen molar-refractivity contribution in [2.45, 2.75) is 39.2 Å². The van der Waals surface area contributed by atoms with Gasteiger partial charge in [0.2, 0.25) is 0 Å². The van der Waals surface area contributed by atoms with Gasteiger partial charge in [0.05, 0.1) is 7.11 Å². The van der Waals surface area contributed by atoms with Crippen molar-refractivity contribution in [3.63, 3.8) is 0 Å². The van der Waals surface area contributed by atoms with Gasteiger partial charge in [0.15, 0.2) is 0 Å². The highest BCUT2D eigenvalue weighted by Crippen LogP contribution is 2.24. The topological polar surface area (TPSA) is 64.6 Å². The monoisotopic (exact) mass is 279 g/mol. The highest BCUT2D eigenvalue weighted by molar-refractivity contribution is 5.85. The zero-order valence-electron chi connectivity index (χ0n) is 12.4. The summed E-state index contributed by atoms with van der Waals surface area (Å²) in [5, 5.41) is 2.66. The average Bonchev–Trinajstić information content (AvgIpc) is 2.34. The fourth-order valence-electron chi connectivity index (χ4n) is 1.69. The molecule has 1 aromatic rings. The Balaban J connectivity index is 2.80. The number of hydrogen-bond acceptors (Lipinski definition) is 4. The van der Waals surface area contributed by atoms with E-state index in [0.29, 0.717) is 24.3 Å². The van der Waals surface area contributed by atoms with Gasteiger partial charge in [0.1, 0.15) is 17.6 Å². The van der Waals surface area contributed by atoms with Crippen LogP contribution in [0.1, 0.15) is 32.8 Å². The van der Waals surface area contributed by atoms with Crippen LogP contribution in [-0.2, 0) is 16.0 Å². The van der Waals surface area contributed by atoms with Gasteiger partial charge in [-0.05, 0) is 51.0 Å². The van der Waals surface area contributed by atoms with Crippen molar-refractivity contribution in [1.82, 2.24) is 0 Å². The van der Waals surface area contributed by atoms with Crippen LogP contribution in [0.15, 0.2) is 18.2 Å². The summed E-state index contributed by atoms with van der Waals surface area (Å²) in [7, 11) is 1.57. The lowest BCUT2D eigenvalue weighted by molar-refractivity contribution is -0.107. The second kappa shape index (κ2) is 6.93. The molecule has 0 fully saturated rings. The van der Waals surface area contributed by atoms with E-state index >= 15 is 0 Å². The number of nitrogens with one attached hydrogen (secondary N) is 1. The minimum atomic E-state index is -0.545. The Morgan fingerprint density at radius 3 is 2.60 bits per heavy atom. The molecule has 0 spiro atoms. The Kier molecular flexibility index (Phi) is 5.55. The Morgan fingerprint density at radius 2 is 2.05 bits per heavy atom. The summed E-state index contributed by atoms with van der Waals surface area (Å²) >= 11 is 0. The highest BCUT2D eigenvalue weighted by Gasteiger charge is 2.16. The van der Waals surface area contributed by atoms with Crippen LogP contribution >= 0.6 is 0 Å². The normalized spacial score (nSPS) is 10.8. The number of carbonyl (C=O) groups excluding carboxylic acids is 2. The van der Waals surface area contributed by atoms with Crippen LogP contribution in [0.25, 0.3) is 0 Å². The van der Waals surface area contributed by atoms with Crippen molar-refractivity contribution in [2.75, 3.05) is 12.4 Å². The van der Waals surface area contributed by atoms with Gasteiger partial charge in [-0.15, -0.1) is 0 Å². The van der Waals surface area contributed by atoms with Crippen LogP contribution in [0.2, 0.25) is 0 Å². The van der Waals surface area contributed by atoms with E-state index in [9.17, 15) is 9.59 Å². The predicted octanol–water partition coefficient (Wildman–Crippen LogP) is 3.17. The second-order valence-electron chi connectivity index (χ2n) is 5.36. The maximum atomic E-state index is 11.7. The van der Waals surface area contributed by atoms with Gasteiger partial charge < -0.3 is 14.3 Å². The zero-order valence-corrected chi connectivity index (χ0v) is 12.4. The molecule has 0 aliphatic heterocycles. The number of methoxy groups -OCH3 is 1. The third-order valence-electron chi connectivity index (χ3n) is 2.46. The summed E-state index contributed by atoms with van der Waals surface area (Å²) < 4.78 is 10.4. The van der Waals surface area contributed by atoms with E-state index in [1.165, 1.54) is 0 Å². The van der Waals surface area contributed by atoms with Crippen LogP contribution in [0.3, 0.4) is 0 Å². The maximum absolute atomic E-state index is 11.7. The van der Waals surface area contributed by atoms with Crippen molar-refractivity contribution >= 4 is 18.1 Å². The highest BCUT2D eigenvalue weighted by atomic mass is 16.6. The Bertz CT molecular complexity index is 477. The molecule has 0 aliphatic carbocycles. The standard InChI is InChI=1S/C15H21NO4/c1-15(2,3)20-14(18)16-12-7-8-13(19-4)11(10-12)6-5-9-17/h7-10H,5-6H2,1-4H3,(H,16,18). The van der Waals surface area contributed by atoms with Gasteiger partial charge in [-0.1, -0.05) is 0 Å². The lowest BCUT2D eigenvalue weighted by atomic mass is 10.1. The molecule has 0 aromatic heterocycles. The summed E-state index contributed by atoms with van der Waals surface area (Å²) in [4.78, 5) is 22.2. The first-order valence-electron chi connectivity index (χ1n) is 6.46. The third-order valence-corrected chi connectivity index (χ3v) is 2.46. The van der Waals surface area contributed by atoms with Gasteiger partial charge in [-0.3, -0.25) is 5.32 Å². The number of amides is 1. The van der Waals surface area contributed by atoms with Crippen LogP contribution in [0.4, 0.5) is 10.5 Å². The smallest absolute Gasteiger partial charge is 0.412 e. The number of benzene rings is 1. The van der Waals surface area contributed by atoms with Crippen LogP contribution < -0.4 is 10.1 Å². The molecule has 0 bridgehead atoms. The molecule has 0 saturated heterocycles. The Labute approximate surface area is 119 Å². The maximum Gasteiger partial charge on any atom is 0.412 e. The molecule has 0 atom stereocenters. The molecule has 5 nitrogen and oxygen atoms in total. The molecule has 1 aromatic carbocycles. The summed E-state index contributed by atoms with van der Waals surface area (Å²) in [5.41, 5.74) is 0.936. The number of aldehydes is 1. The van der Waals surface area contributed by atoms with E-state index in [-0.39, 0.29) is 0 Å². The van der Waals surface area contributed by atoms with E-state index < -0.39 is 11.7 Å². The van der Waals surface area contributed by atoms with E-state index in [2.05, 4.69) is 5.32 Å². The quantitative estimate of drug-likeness (QED) is 0.841. The molecule has 1 N–H and O–H groups in total. The average molecular weight is 279 g/mol. The van der Waals surface area contributed by atoms with Gasteiger partial charge in [-0.2, -0.15) is 0 Å². The Hall–Kier alpha value is -2.04. The number of rotatable bonds is 5. The molecule has 1 rings (SSSR count). The summed E-state index contributed by atoms with van der Waals surface area (Å²) in [6.45, 7) is 5.41. The summed E-state index contributed by atoms with van der Waals surface area (Å²) in [6.07, 6.45) is 1.32. The van der Waals surface area contributed by atoms with Gasteiger partial charge in [0.25, 0.3) is 0 Å². The van der Waals surface area contributed by atoms with Crippen LogP contribution in [0, 0.1) is 0 Å². The largest absolute Gasteiger partial charge is 0.496 e. The lowest BCUT2D eigenvalue weighted by Crippen LogP contribution is -2.27. The Morgan fingerprint density at radius 1 is 1.35 bits per heavy atom. The minimum absolute atomic E-state index is 0.409. The number of hydrogen-bond donors (Lipinski definition) is 1. The van der Waals surface area contributed by atoms with E-state index in [1.807, 2.05) is 0 Å². The molecular weight excluding hydrogens is 258 g/mol. The second-order valence-corrected chi connectivity index (χ2v) is 5.36. The molecule has 110 valence electrons. The molecular formula is C15H21NO4. The minimum Gasteiger partial charge on any atom is -0.496 e. The molecule has 20 heavy (non-hydrogen) atoms. The molecule has 5 heteroatoms. The van der Waals surface area contributed by atoms with Gasteiger partial charge in [-0.25, -0.2) is 4.79 Å². The van der Waals surface area contributed by atoms with Crippen molar-refractivity contribution in [3.05, 3.63) is 23.8 Å². The molecule has 0 saturated carbocycles. The molecule has 0 unspecified atom stereocenters. The first kappa shape index (κ1) is 16.0. The van der Waals surface area contributed by atoms with Crippen molar-refractivity contribution in [3.8, 4) is 5.75 Å². The number of ether oxygens (including phenoxy) is 2. The van der Waals surface area contributed by atoms with Crippen molar-refractivity contribution in [2.24, 2.45) is 0 Å². The molecule has 0 heterocycles. The molecule has 0 radical (unpaired) electrons. The van der Waals surface area contributed by atoms with Crippen molar-refractivity contribution < 1.29 is 19.1 Å². The molecule has 1 amide bonds. The SMILES string of the molecule is COc1ccc(NC(=O)OC(C)(C)C)cc1CCC=O. The predicted molar refractivity (Wildman–Crippen MR) is 77.2 cm³/mol. The molecule has 0 aliphatic rings. The van der Waals surface area contributed by atoms with Crippen LogP contribution in [-0.4, -0.2) is 25.1 Å². The summed E-state index contributed by atoms with van der Waals surface area (Å²) in [5.74, 6) is 0.696. The van der Waals surface area contributed by atoms with E-state index in [0.717, 1.165) is 11.8 Å². The van der Waals surface area contributed by atoms with Crippen molar-refractivity contribution in [1.29, 1.82) is 0 Å². The van der Waals surface area contributed by atoms with Gasteiger partial charge >= 0.3 is 6.09 Å². The fourth-order valence-corrected chi connectivity index (χ4v) is 1.69. The number of carbonyl (C=O) groups is 2. The van der Waals surface area contributed by atoms with E-state index in [1.54, 1.807) is 46.1 Å². The fraction of sp³-hybridized carbons (Fsp3) is 0.467. The lowest BCUT2D eigenvalue weighted by Gasteiger charge is -2.20. The third kappa shape index (κ3) is 5.30. The first-order chi connectivity index (χ1) is 9.35. The van der Waals surface area contributed by atoms with Crippen LogP contribution in [0.5, 0.6) is 5.75 Å².